The van der Waals surface area contributed by atoms with Crippen molar-refractivity contribution in [1.29, 1.82) is 0 Å². The predicted octanol–water partition coefficient (Wildman–Crippen LogP) is 3.74. The molecule has 0 unspecified atom stereocenters. The highest BCUT2D eigenvalue weighted by atomic mass is 19.1. The molecule has 24 heavy (non-hydrogen) atoms. The molecule has 0 saturated heterocycles. The van der Waals surface area contributed by atoms with Gasteiger partial charge in [-0.1, -0.05) is 24.3 Å². The Balaban J connectivity index is 1.48. The van der Waals surface area contributed by atoms with Crippen molar-refractivity contribution in [2.24, 2.45) is 0 Å². The molecule has 0 fully saturated rings. The fraction of sp³-hybridized carbons (Fsp3) is 0.158. The molecular weight excluding hydrogens is 305 g/mol. The van der Waals surface area contributed by atoms with Crippen LogP contribution in [0.15, 0.2) is 67.0 Å². The normalized spacial score (nSPS) is 10.5. The summed E-state index contributed by atoms with van der Waals surface area (Å²) in [6, 6.07) is 16.5. The second-order valence-electron chi connectivity index (χ2n) is 5.33. The minimum Gasteiger partial charge on any atom is -0.424 e. The molecule has 0 bridgehead atoms. The molecule has 0 atom stereocenters. The first-order valence-electron chi connectivity index (χ1n) is 7.78. The third kappa shape index (κ3) is 4.86. The Kier molecular flexibility index (Phi) is 5.48. The van der Waals surface area contributed by atoms with E-state index in [1.165, 1.54) is 12.1 Å². The lowest BCUT2D eigenvalue weighted by molar-refractivity contribution is 0.441. The zero-order valence-corrected chi connectivity index (χ0v) is 13.2. The molecule has 1 heterocycles. The highest BCUT2D eigenvalue weighted by molar-refractivity contribution is 5.30. The van der Waals surface area contributed by atoms with Gasteiger partial charge in [0.05, 0.1) is 0 Å². The fourth-order valence-electron chi connectivity index (χ4n) is 2.28. The monoisotopic (exact) mass is 323 g/mol. The Morgan fingerprint density at radius 3 is 2.50 bits per heavy atom. The molecular formula is C19H18FN3O. The van der Waals surface area contributed by atoms with E-state index in [-0.39, 0.29) is 5.82 Å². The van der Waals surface area contributed by atoms with Gasteiger partial charge in [-0.05, 0) is 54.4 Å². The standard InChI is InChI=1S/C19H18FN3O/c20-17-7-5-15(6-8-17)9-12-21-14-16-3-1-4-18(13-16)24-19-22-10-2-11-23-19/h1-8,10-11,13,21H,9,12,14H2. The molecule has 4 nitrogen and oxygen atoms in total. The second kappa shape index (κ2) is 8.17. The fourth-order valence-corrected chi connectivity index (χ4v) is 2.28. The molecule has 0 aliphatic carbocycles. The van der Waals surface area contributed by atoms with Gasteiger partial charge in [-0.2, -0.15) is 0 Å². The van der Waals surface area contributed by atoms with Gasteiger partial charge in [-0.25, -0.2) is 14.4 Å². The van der Waals surface area contributed by atoms with E-state index in [1.54, 1.807) is 18.5 Å². The van der Waals surface area contributed by atoms with Gasteiger partial charge in [-0.15, -0.1) is 0 Å². The smallest absolute Gasteiger partial charge is 0.321 e. The van der Waals surface area contributed by atoms with Crippen molar-refractivity contribution >= 4 is 0 Å². The topological polar surface area (TPSA) is 47.0 Å². The van der Waals surface area contributed by atoms with Crippen molar-refractivity contribution in [3.8, 4) is 11.8 Å². The average Bonchev–Trinajstić information content (AvgIpc) is 2.61. The number of halogens is 1. The lowest BCUT2D eigenvalue weighted by Gasteiger charge is -2.08. The first kappa shape index (κ1) is 16.1. The van der Waals surface area contributed by atoms with Crippen LogP contribution in [0.4, 0.5) is 4.39 Å². The first-order chi connectivity index (χ1) is 11.8. The van der Waals surface area contributed by atoms with Gasteiger partial charge in [0.1, 0.15) is 11.6 Å². The zero-order chi connectivity index (χ0) is 16.6. The Bertz CT molecular complexity index is 763. The van der Waals surface area contributed by atoms with Crippen LogP contribution in [0.3, 0.4) is 0 Å². The average molecular weight is 323 g/mol. The number of ether oxygens (including phenoxy) is 1. The van der Waals surface area contributed by atoms with Gasteiger partial charge in [0, 0.05) is 18.9 Å². The van der Waals surface area contributed by atoms with E-state index < -0.39 is 0 Å². The van der Waals surface area contributed by atoms with E-state index in [0.29, 0.717) is 11.8 Å². The summed E-state index contributed by atoms with van der Waals surface area (Å²) in [7, 11) is 0. The number of benzene rings is 2. The highest BCUT2D eigenvalue weighted by Crippen LogP contribution is 2.18. The summed E-state index contributed by atoms with van der Waals surface area (Å²) in [5, 5.41) is 3.38. The molecule has 1 N–H and O–H groups in total. The maximum atomic E-state index is 12.9. The molecule has 0 spiro atoms. The van der Waals surface area contributed by atoms with Gasteiger partial charge < -0.3 is 10.1 Å². The van der Waals surface area contributed by atoms with Crippen LogP contribution in [0.5, 0.6) is 11.8 Å². The second-order valence-corrected chi connectivity index (χ2v) is 5.33. The van der Waals surface area contributed by atoms with E-state index in [2.05, 4.69) is 15.3 Å². The van der Waals surface area contributed by atoms with Crippen molar-refractivity contribution < 1.29 is 9.13 Å². The summed E-state index contributed by atoms with van der Waals surface area (Å²) in [6.45, 7) is 1.55. The van der Waals surface area contributed by atoms with Crippen molar-refractivity contribution in [1.82, 2.24) is 15.3 Å². The minimum absolute atomic E-state index is 0.203. The van der Waals surface area contributed by atoms with Gasteiger partial charge >= 0.3 is 6.01 Å². The predicted molar refractivity (Wildman–Crippen MR) is 90.4 cm³/mol. The summed E-state index contributed by atoms with van der Waals surface area (Å²) >= 11 is 0. The quantitative estimate of drug-likeness (QED) is 0.673. The van der Waals surface area contributed by atoms with Crippen LogP contribution in [-0.2, 0) is 13.0 Å². The van der Waals surface area contributed by atoms with Crippen LogP contribution in [0.1, 0.15) is 11.1 Å². The Hall–Kier alpha value is -2.79. The van der Waals surface area contributed by atoms with E-state index >= 15 is 0 Å². The highest BCUT2D eigenvalue weighted by Gasteiger charge is 2.01. The Labute approximate surface area is 140 Å². The number of aromatic nitrogens is 2. The van der Waals surface area contributed by atoms with Crippen molar-refractivity contribution in [3.63, 3.8) is 0 Å². The molecule has 3 aromatic rings. The van der Waals surface area contributed by atoms with Crippen LogP contribution in [-0.4, -0.2) is 16.5 Å². The van der Waals surface area contributed by atoms with Gasteiger partial charge in [0.15, 0.2) is 0 Å². The lowest BCUT2D eigenvalue weighted by atomic mass is 10.1. The third-order valence-corrected chi connectivity index (χ3v) is 3.48. The SMILES string of the molecule is Fc1ccc(CCNCc2cccc(Oc3ncccn3)c2)cc1. The van der Waals surface area contributed by atoms with Crippen molar-refractivity contribution in [2.45, 2.75) is 13.0 Å². The summed E-state index contributed by atoms with van der Waals surface area (Å²) in [5.41, 5.74) is 2.23. The first-order valence-corrected chi connectivity index (χ1v) is 7.78. The van der Waals surface area contributed by atoms with Crippen molar-refractivity contribution in [3.05, 3.63) is 83.9 Å². The molecule has 0 amide bonds. The van der Waals surface area contributed by atoms with Crippen LogP contribution in [0.25, 0.3) is 0 Å². The van der Waals surface area contributed by atoms with E-state index in [9.17, 15) is 4.39 Å². The number of rotatable bonds is 7. The molecule has 0 aliphatic heterocycles. The zero-order valence-electron chi connectivity index (χ0n) is 13.2. The largest absolute Gasteiger partial charge is 0.424 e. The summed E-state index contributed by atoms with van der Waals surface area (Å²) in [5.74, 6) is 0.505. The summed E-state index contributed by atoms with van der Waals surface area (Å²) < 4.78 is 18.5. The molecule has 0 saturated carbocycles. The molecule has 0 radical (unpaired) electrons. The number of nitrogens with one attached hydrogen (secondary N) is 1. The third-order valence-electron chi connectivity index (χ3n) is 3.48. The van der Waals surface area contributed by atoms with Crippen LogP contribution in [0, 0.1) is 5.82 Å². The Morgan fingerprint density at radius 1 is 0.917 bits per heavy atom. The van der Waals surface area contributed by atoms with Gasteiger partial charge in [-0.3, -0.25) is 0 Å². The lowest BCUT2D eigenvalue weighted by Crippen LogP contribution is -2.16. The van der Waals surface area contributed by atoms with E-state index in [0.717, 1.165) is 30.6 Å². The van der Waals surface area contributed by atoms with Gasteiger partial charge in [0.25, 0.3) is 0 Å². The molecule has 2 aromatic carbocycles. The molecule has 122 valence electrons. The molecule has 1 aromatic heterocycles. The molecule has 3 rings (SSSR count). The summed E-state index contributed by atoms with van der Waals surface area (Å²) in [4.78, 5) is 8.09. The van der Waals surface area contributed by atoms with Crippen LogP contribution < -0.4 is 10.1 Å². The van der Waals surface area contributed by atoms with E-state index in [1.807, 2.05) is 36.4 Å². The van der Waals surface area contributed by atoms with E-state index in [4.69, 9.17) is 4.74 Å². The maximum absolute atomic E-state index is 12.9. The maximum Gasteiger partial charge on any atom is 0.321 e. The molecule has 0 aliphatic rings. The number of hydrogen-bond donors (Lipinski definition) is 1. The number of hydrogen-bond acceptors (Lipinski definition) is 4. The van der Waals surface area contributed by atoms with Crippen LogP contribution in [0.2, 0.25) is 0 Å². The number of nitrogens with zero attached hydrogens (tertiary/aromatic N) is 2. The Morgan fingerprint density at radius 2 is 1.71 bits per heavy atom. The summed E-state index contributed by atoms with van der Waals surface area (Å²) in [6.07, 6.45) is 4.14. The van der Waals surface area contributed by atoms with Crippen molar-refractivity contribution in [2.75, 3.05) is 6.54 Å². The van der Waals surface area contributed by atoms with Crippen LogP contribution >= 0.6 is 0 Å². The van der Waals surface area contributed by atoms with Gasteiger partial charge in [0.2, 0.25) is 0 Å². The minimum atomic E-state index is -0.203. The molecule has 5 heteroatoms.